The molecule has 20 heavy (non-hydrogen) atoms. The van der Waals surface area contributed by atoms with E-state index in [1.165, 1.54) is 11.3 Å². The average molecular weight is 331 g/mol. The monoisotopic (exact) mass is 330 g/mol. The van der Waals surface area contributed by atoms with Gasteiger partial charge in [-0.15, -0.1) is 22.7 Å². The quantitative estimate of drug-likeness (QED) is 0.809. The lowest BCUT2D eigenvalue weighted by atomic mass is 10.3. The fraction of sp³-hybridized carbons (Fsp3) is 0.385. The van der Waals surface area contributed by atoms with Gasteiger partial charge in [0, 0.05) is 10.3 Å². The maximum atomic E-state index is 11.4. The van der Waals surface area contributed by atoms with Crippen molar-refractivity contribution in [2.75, 3.05) is 11.9 Å². The van der Waals surface area contributed by atoms with Crippen LogP contribution in [0, 0.1) is 0 Å². The van der Waals surface area contributed by atoms with Crippen molar-refractivity contribution in [1.82, 2.24) is 4.98 Å². The zero-order valence-corrected chi connectivity index (χ0v) is 13.6. The topological polar surface area (TPSA) is 51.2 Å². The van der Waals surface area contributed by atoms with Gasteiger partial charge >= 0.3 is 5.97 Å². The number of aromatic nitrogens is 1. The largest absolute Gasteiger partial charge is 0.466 e. The van der Waals surface area contributed by atoms with Gasteiger partial charge in [-0.05, 0) is 26.0 Å². The third kappa shape index (κ3) is 4.19. The summed E-state index contributed by atoms with van der Waals surface area (Å²) < 4.78 is 5.67. The number of rotatable bonds is 6. The smallest absolute Gasteiger partial charge is 0.311 e. The highest BCUT2D eigenvalue weighted by Crippen LogP contribution is 2.29. The number of ether oxygens (including phenoxy) is 1. The van der Waals surface area contributed by atoms with Crippen LogP contribution < -0.4 is 5.32 Å². The van der Waals surface area contributed by atoms with E-state index in [1.807, 2.05) is 17.5 Å². The van der Waals surface area contributed by atoms with Crippen LogP contribution in [0.25, 0.3) is 0 Å². The molecular formula is C13H15ClN2O2S2. The molecule has 0 spiro atoms. The zero-order chi connectivity index (χ0) is 14.5. The van der Waals surface area contributed by atoms with Crippen LogP contribution in [0.3, 0.4) is 0 Å². The van der Waals surface area contributed by atoms with E-state index in [4.69, 9.17) is 16.3 Å². The Morgan fingerprint density at radius 3 is 3.00 bits per heavy atom. The van der Waals surface area contributed by atoms with Crippen molar-refractivity contribution in [3.8, 4) is 0 Å². The van der Waals surface area contributed by atoms with E-state index in [9.17, 15) is 4.79 Å². The van der Waals surface area contributed by atoms with Gasteiger partial charge in [0.15, 0.2) is 5.13 Å². The number of esters is 1. The second-order valence-corrected chi connectivity index (χ2v) is 6.74. The fourth-order valence-corrected chi connectivity index (χ4v) is 3.49. The molecule has 2 aromatic rings. The van der Waals surface area contributed by atoms with Crippen molar-refractivity contribution in [3.05, 3.63) is 32.4 Å². The SMILES string of the molecule is CCOC(=O)Cc1csc(NC(C)c2ccc(Cl)s2)n1. The van der Waals surface area contributed by atoms with Gasteiger partial charge in [-0.25, -0.2) is 4.98 Å². The van der Waals surface area contributed by atoms with Crippen LogP contribution in [-0.4, -0.2) is 17.6 Å². The first-order valence-electron chi connectivity index (χ1n) is 6.20. The van der Waals surface area contributed by atoms with E-state index in [0.717, 1.165) is 20.0 Å². The summed E-state index contributed by atoms with van der Waals surface area (Å²) in [7, 11) is 0. The Balaban J connectivity index is 1.94. The maximum Gasteiger partial charge on any atom is 0.311 e. The van der Waals surface area contributed by atoms with Gasteiger partial charge in [0.05, 0.1) is 29.1 Å². The molecule has 0 aromatic carbocycles. The summed E-state index contributed by atoms with van der Waals surface area (Å²) in [5.74, 6) is -0.248. The Labute approximate surface area is 130 Å². The number of hydrogen-bond donors (Lipinski definition) is 1. The number of nitrogens with one attached hydrogen (secondary N) is 1. The number of hydrogen-bond acceptors (Lipinski definition) is 6. The maximum absolute atomic E-state index is 11.4. The van der Waals surface area contributed by atoms with Crippen LogP contribution in [0.5, 0.6) is 0 Å². The number of thiophene rings is 1. The van der Waals surface area contributed by atoms with E-state index in [2.05, 4.69) is 17.2 Å². The molecule has 2 rings (SSSR count). The van der Waals surface area contributed by atoms with E-state index in [1.54, 1.807) is 18.3 Å². The Kier molecular flexibility index (Phi) is 5.39. The fourth-order valence-electron chi connectivity index (χ4n) is 1.63. The number of carbonyl (C=O) groups excluding carboxylic acids is 1. The van der Waals surface area contributed by atoms with Crippen LogP contribution in [0.4, 0.5) is 5.13 Å². The molecule has 7 heteroatoms. The van der Waals surface area contributed by atoms with Crippen molar-refractivity contribution in [3.63, 3.8) is 0 Å². The van der Waals surface area contributed by atoms with Crippen molar-refractivity contribution in [2.24, 2.45) is 0 Å². The molecule has 1 N–H and O–H groups in total. The zero-order valence-electron chi connectivity index (χ0n) is 11.2. The minimum Gasteiger partial charge on any atom is -0.466 e. The molecule has 0 radical (unpaired) electrons. The summed E-state index contributed by atoms with van der Waals surface area (Å²) in [6.07, 6.45) is 0.214. The molecule has 0 bridgehead atoms. The first-order valence-corrected chi connectivity index (χ1v) is 8.27. The van der Waals surface area contributed by atoms with Gasteiger partial charge < -0.3 is 10.1 Å². The van der Waals surface area contributed by atoms with Crippen LogP contribution in [0.2, 0.25) is 4.34 Å². The molecule has 0 aliphatic heterocycles. The lowest BCUT2D eigenvalue weighted by molar-refractivity contribution is -0.142. The molecule has 2 heterocycles. The van der Waals surface area contributed by atoms with Crippen LogP contribution in [0.15, 0.2) is 17.5 Å². The summed E-state index contributed by atoms with van der Waals surface area (Å²) in [5.41, 5.74) is 0.729. The molecule has 0 saturated heterocycles. The molecule has 0 aliphatic carbocycles. The highest BCUT2D eigenvalue weighted by Gasteiger charge is 2.12. The first kappa shape index (κ1) is 15.3. The molecule has 1 unspecified atom stereocenters. The van der Waals surface area contributed by atoms with Crippen molar-refractivity contribution >= 4 is 45.4 Å². The van der Waals surface area contributed by atoms with Crippen molar-refractivity contribution < 1.29 is 9.53 Å². The lowest BCUT2D eigenvalue weighted by Gasteiger charge is -2.10. The molecule has 1 atom stereocenters. The van der Waals surface area contributed by atoms with Gasteiger partial charge in [-0.3, -0.25) is 4.79 Å². The van der Waals surface area contributed by atoms with Crippen molar-refractivity contribution in [1.29, 1.82) is 0 Å². The van der Waals surface area contributed by atoms with Gasteiger partial charge in [0.25, 0.3) is 0 Å². The predicted molar refractivity (Wildman–Crippen MR) is 83.8 cm³/mol. The standard InChI is InChI=1S/C13H15ClN2O2S2/c1-3-18-12(17)6-9-7-19-13(16-9)15-8(2)10-4-5-11(14)20-10/h4-5,7-8H,3,6H2,1-2H3,(H,15,16). The third-order valence-corrected chi connectivity index (χ3v) is 4.78. The highest BCUT2D eigenvalue weighted by molar-refractivity contribution is 7.16. The Hall–Kier alpha value is -1.11. The highest BCUT2D eigenvalue weighted by atomic mass is 35.5. The molecule has 0 amide bonds. The minimum absolute atomic E-state index is 0.133. The van der Waals surface area contributed by atoms with Gasteiger partial charge in [-0.2, -0.15) is 0 Å². The minimum atomic E-state index is -0.248. The van der Waals surface area contributed by atoms with Gasteiger partial charge in [-0.1, -0.05) is 11.6 Å². The summed E-state index contributed by atoms with van der Waals surface area (Å²) in [6, 6.07) is 4.01. The summed E-state index contributed by atoms with van der Waals surface area (Å²) in [5, 5.41) is 5.97. The normalized spacial score (nSPS) is 12.2. The predicted octanol–water partition coefficient (Wildman–Crippen LogP) is 4.14. The molecule has 0 fully saturated rings. The van der Waals surface area contributed by atoms with Gasteiger partial charge in [0.1, 0.15) is 0 Å². The van der Waals surface area contributed by atoms with Crippen LogP contribution >= 0.6 is 34.3 Å². The second-order valence-electron chi connectivity index (χ2n) is 4.13. The van der Waals surface area contributed by atoms with Crippen LogP contribution in [0.1, 0.15) is 30.5 Å². The van der Waals surface area contributed by atoms with Crippen LogP contribution in [-0.2, 0) is 16.0 Å². The van der Waals surface area contributed by atoms with E-state index >= 15 is 0 Å². The Bertz CT molecular complexity index is 582. The first-order chi connectivity index (χ1) is 9.58. The van der Waals surface area contributed by atoms with Gasteiger partial charge in [0.2, 0.25) is 0 Å². The number of nitrogens with zero attached hydrogens (tertiary/aromatic N) is 1. The molecule has 2 aromatic heterocycles. The molecule has 0 aliphatic rings. The second kappa shape index (κ2) is 7.06. The molecule has 0 saturated carbocycles. The van der Waals surface area contributed by atoms with E-state index in [0.29, 0.717) is 6.61 Å². The summed E-state index contributed by atoms with van der Waals surface area (Å²) in [6.45, 7) is 4.23. The number of halogens is 1. The number of anilines is 1. The van der Waals surface area contributed by atoms with E-state index < -0.39 is 0 Å². The third-order valence-electron chi connectivity index (χ3n) is 2.54. The van der Waals surface area contributed by atoms with E-state index in [-0.39, 0.29) is 18.4 Å². The average Bonchev–Trinajstić information content (AvgIpc) is 2.99. The number of carbonyl (C=O) groups is 1. The lowest BCUT2D eigenvalue weighted by Crippen LogP contribution is -2.08. The Morgan fingerprint density at radius 1 is 1.55 bits per heavy atom. The Morgan fingerprint density at radius 2 is 2.35 bits per heavy atom. The summed E-state index contributed by atoms with van der Waals surface area (Å²) in [4.78, 5) is 16.9. The van der Waals surface area contributed by atoms with Crippen molar-refractivity contribution in [2.45, 2.75) is 26.3 Å². The summed E-state index contributed by atoms with van der Waals surface area (Å²) >= 11 is 8.95. The molecule has 108 valence electrons. The number of thiazole rings is 1. The molecule has 4 nitrogen and oxygen atoms in total. The molecular weight excluding hydrogens is 316 g/mol.